The molecule has 1 aromatic carbocycles. The third-order valence-corrected chi connectivity index (χ3v) is 4.47. The van der Waals surface area contributed by atoms with Gasteiger partial charge < -0.3 is 19.8 Å². The largest absolute Gasteiger partial charge is 0.467 e. The first kappa shape index (κ1) is 19.7. The summed E-state index contributed by atoms with van der Waals surface area (Å²) in [7, 11) is 0. The van der Waals surface area contributed by atoms with Crippen LogP contribution in [-0.2, 0) is 11.3 Å². The Kier molecular flexibility index (Phi) is 6.49. The minimum absolute atomic E-state index is 0.292. The van der Waals surface area contributed by atoms with Crippen molar-refractivity contribution >= 4 is 35.0 Å². The zero-order valence-corrected chi connectivity index (χ0v) is 16.3. The summed E-state index contributed by atoms with van der Waals surface area (Å²) in [5.74, 6) is 0.332. The Hall–Kier alpha value is -3.07. The van der Waals surface area contributed by atoms with E-state index in [1.54, 1.807) is 53.5 Å². The summed E-state index contributed by atoms with van der Waals surface area (Å²) in [6.45, 7) is 3.67. The Morgan fingerprint density at radius 2 is 2.04 bits per heavy atom. The number of hydrogen-bond donors (Lipinski definition) is 2. The van der Waals surface area contributed by atoms with Crippen LogP contribution in [0.5, 0.6) is 0 Å². The predicted molar refractivity (Wildman–Crippen MR) is 108 cm³/mol. The molecule has 3 rings (SSSR count). The fourth-order valence-corrected chi connectivity index (χ4v) is 3.09. The zero-order chi connectivity index (χ0) is 19.9. The van der Waals surface area contributed by atoms with Gasteiger partial charge in [-0.05, 0) is 55.9 Å². The van der Waals surface area contributed by atoms with E-state index in [4.69, 9.17) is 21.4 Å². The van der Waals surface area contributed by atoms with Crippen molar-refractivity contribution in [2.75, 3.05) is 25.0 Å². The highest BCUT2D eigenvalue weighted by atomic mass is 32.1. The summed E-state index contributed by atoms with van der Waals surface area (Å²) in [4.78, 5) is 24.6. The Balaban J connectivity index is 1.60. The van der Waals surface area contributed by atoms with Crippen molar-refractivity contribution < 1.29 is 18.7 Å². The molecule has 0 radical (unpaired) electrons. The highest BCUT2D eigenvalue weighted by Crippen LogP contribution is 2.16. The molecule has 1 fully saturated rings. The van der Waals surface area contributed by atoms with Crippen LogP contribution in [0.15, 0.2) is 47.1 Å². The van der Waals surface area contributed by atoms with Gasteiger partial charge >= 0.3 is 12.0 Å². The first-order valence-electron chi connectivity index (χ1n) is 9.02. The number of amides is 2. The molecule has 1 aromatic heterocycles. The van der Waals surface area contributed by atoms with Gasteiger partial charge in [-0.15, -0.1) is 0 Å². The number of thiocarbonyl (C=S) groups is 1. The van der Waals surface area contributed by atoms with Crippen LogP contribution in [0, 0.1) is 0 Å². The standard InChI is InChI=1S/C19H22N4O4S/c1-2-26-17(24)14-6-3-7-15(12-14)21-18(25)22-9-5-10-23(22)19(28)20-13-16-8-4-11-27-16/h3-4,6-8,11-12H,2,5,9-10,13H2,1H3,(H,20,28)(H,21,25). The topological polar surface area (TPSA) is 87.0 Å². The molecule has 1 saturated heterocycles. The molecule has 2 heterocycles. The van der Waals surface area contributed by atoms with Crippen LogP contribution in [0.2, 0.25) is 0 Å². The number of furan rings is 1. The van der Waals surface area contributed by atoms with Gasteiger partial charge in [-0.2, -0.15) is 0 Å². The Morgan fingerprint density at radius 1 is 1.21 bits per heavy atom. The van der Waals surface area contributed by atoms with Gasteiger partial charge in [0, 0.05) is 18.8 Å². The zero-order valence-electron chi connectivity index (χ0n) is 15.5. The van der Waals surface area contributed by atoms with E-state index in [1.807, 2.05) is 6.07 Å². The second kappa shape index (κ2) is 9.23. The number of nitrogens with one attached hydrogen (secondary N) is 2. The average Bonchev–Trinajstić information content (AvgIpc) is 3.38. The van der Waals surface area contributed by atoms with E-state index >= 15 is 0 Å². The molecule has 9 heteroatoms. The van der Waals surface area contributed by atoms with Gasteiger partial charge in [-0.3, -0.25) is 5.01 Å². The molecule has 2 aromatic rings. The molecule has 2 amide bonds. The number of nitrogens with zero attached hydrogens (tertiary/aromatic N) is 2. The number of benzene rings is 1. The summed E-state index contributed by atoms with van der Waals surface area (Å²) in [5, 5.41) is 9.63. The molecule has 0 bridgehead atoms. The van der Waals surface area contributed by atoms with E-state index < -0.39 is 5.97 Å². The van der Waals surface area contributed by atoms with Crippen molar-refractivity contribution in [3.8, 4) is 0 Å². The Bertz CT molecular complexity index is 840. The highest BCUT2D eigenvalue weighted by molar-refractivity contribution is 7.80. The number of hydrogen-bond acceptors (Lipinski definition) is 5. The van der Waals surface area contributed by atoms with Crippen LogP contribution in [0.4, 0.5) is 10.5 Å². The summed E-state index contributed by atoms with van der Waals surface area (Å²) >= 11 is 5.42. The van der Waals surface area contributed by atoms with E-state index in [0.717, 1.165) is 12.2 Å². The highest BCUT2D eigenvalue weighted by Gasteiger charge is 2.29. The monoisotopic (exact) mass is 402 g/mol. The molecule has 0 atom stereocenters. The lowest BCUT2D eigenvalue weighted by Crippen LogP contribution is -2.50. The second-order valence-corrected chi connectivity index (χ2v) is 6.46. The van der Waals surface area contributed by atoms with Crippen molar-refractivity contribution in [1.29, 1.82) is 0 Å². The van der Waals surface area contributed by atoms with E-state index in [2.05, 4.69) is 10.6 Å². The van der Waals surface area contributed by atoms with E-state index in [1.165, 1.54) is 0 Å². The minimum Gasteiger partial charge on any atom is -0.467 e. The van der Waals surface area contributed by atoms with Gasteiger partial charge in [0.15, 0.2) is 5.11 Å². The average molecular weight is 402 g/mol. The van der Waals surface area contributed by atoms with Gasteiger partial charge in [0.05, 0.1) is 25.0 Å². The van der Waals surface area contributed by atoms with Crippen LogP contribution in [0.1, 0.15) is 29.5 Å². The number of hydrazine groups is 1. The molecule has 0 saturated carbocycles. The molecular formula is C19H22N4O4S. The molecule has 1 aliphatic rings. The lowest BCUT2D eigenvalue weighted by molar-refractivity contribution is 0.0526. The number of esters is 1. The molecular weight excluding hydrogens is 380 g/mol. The fourth-order valence-electron chi connectivity index (χ4n) is 2.83. The number of anilines is 1. The van der Waals surface area contributed by atoms with Gasteiger partial charge in [0.25, 0.3) is 0 Å². The quantitative estimate of drug-likeness (QED) is 0.587. The van der Waals surface area contributed by atoms with Crippen molar-refractivity contribution in [1.82, 2.24) is 15.3 Å². The second-order valence-electron chi connectivity index (χ2n) is 6.07. The van der Waals surface area contributed by atoms with Crippen LogP contribution >= 0.6 is 12.2 Å². The van der Waals surface area contributed by atoms with Crippen LogP contribution < -0.4 is 10.6 Å². The summed E-state index contributed by atoms with van der Waals surface area (Å²) in [5.41, 5.74) is 0.894. The molecule has 1 aliphatic heterocycles. The molecule has 8 nitrogen and oxygen atoms in total. The third kappa shape index (κ3) is 4.80. The number of urea groups is 1. The number of carbonyl (C=O) groups is 2. The molecule has 0 aliphatic carbocycles. The van der Waals surface area contributed by atoms with Crippen LogP contribution in [-0.4, -0.2) is 46.8 Å². The normalized spacial score (nSPS) is 13.3. The third-order valence-electron chi connectivity index (χ3n) is 4.12. The van der Waals surface area contributed by atoms with Crippen molar-refractivity contribution in [2.45, 2.75) is 19.9 Å². The van der Waals surface area contributed by atoms with Crippen LogP contribution in [0.3, 0.4) is 0 Å². The van der Waals surface area contributed by atoms with Gasteiger partial charge in [0.1, 0.15) is 5.76 Å². The smallest absolute Gasteiger partial charge is 0.340 e. The van der Waals surface area contributed by atoms with E-state index in [0.29, 0.717) is 42.6 Å². The van der Waals surface area contributed by atoms with E-state index in [-0.39, 0.29) is 6.03 Å². The Morgan fingerprint density at radius 3 is 2.79 bits per heavy atom. The Labute approximate surface area is 168 Å². The molecule has 2 N–H and O–H groups in total. The first-order chi connectivity index (χ1) is 13.6. The number of ether oxygens (including phenoxy) is 1. The lowest BCUT2D eigenvalue weighted by atomic mass is 10.2. The minimum atomic E-state index is -0.426. The number of carbonyl (C=O) groups excluding carboxylic acids is 2. The van der Waals surface area contributed by atoms with Crippen molar-refractivity contribution in [3.63, 3.8) is 0 Å². The SMILES string of the molecule is CCOC(=O)c1cccc(NC(=O)N2CCCN2C(=S)NCc2ccco2)c1. The molecule has 0 spiro atoms. The first-order valence-corrected chi connectivity index (χ1v) is 9.42. The number of rotatable bonds is 5. The van der Waals surface area contributed by atoms with Crippen molar-refractivity contribution in [3.05, 3.63) is 54.0 Å². The summed E-state index contributed by atoms with van der Waals surface area (Å²) in [6, 6.07) is 9.97. The molecule has 28 heavy (non-hydrogen) atoms. The van der Waals surface area contributed by atoms with Gasteiger partial charge in [0.2, 0.25) is 0 Å². The van der Waals surface area contributed by atoms with Gasteiger partial charge in [-0.1, -0.05) is 6.07 Å². The molecule has 0 unspecified atom stereocenters. The summed E-state index contributed by atoms with van der Waals surface area (Å²) in [6.07, 6.45) is 2.40. The van der Waals surface area contributed by atoms with Crippen molar-refractivity contribution in [2.24, 2.45) is 0 Å². The molecule has 148 valence electrons. The van der Waals surface area contributed by atoms with Gasteiger partial charge in [-0.25, -0.2) is 14.6 Å². The lowest BCUT2D eigenvalue weighted by Gasteiger charge is -2.30. The summed E-state index contributed by atoms with van der Waals surface area (Å²) < 4.78 is 10.3. The van der Waals surface area contributed by atoms with Crippen LogP contribution in [0.25, 0.3) is 0 Å². The maximum Gasteiger partial charge on any atom is 0.340 e. The predicted octanol–water partition coefficient (Wildman–Crippen LogP) is 2.99. The fraction of sp³-hybridized carbons (Fsp3) is 0.316. The van der Waals surface area contributed by atoms with E-state index in [9.17, 15) is 9.59 Å². The maximum absolute atomic E-state index is 12.7. The maximum atomic E-state index is 12.7.